The molecule has 0 spiro atoms. The van der Waals surface area contributed by atoms with E-state index in [1.54, 1.807) is 0 Å². The van der Waals surface area contributed by atoms with Gasteiger partial charge in [-0.2, -0.15) is 24.1 Å². The summed E-state index contributed by atoms with van der Waals surface area (Å²) < 4.78 is 0. The molecule has 1 aliphatic rings. The molecule has 0 N–H and O–H groups in total. The van der Waals surface area contributed by atoms with E-state index in [-0.39, 0.29) is 17.1 Å². The van der Waals surface area contributed by atoms with Crippen LogP contribution in [0.15, 0.2) is 30.3 Å². The molecule has 0 aromatic heterocycles. The maximum absolute atomic E-state index is 2.51. The van der Waals surface area contributed by atoms with Crippen LogP contribution in [0.4, 0.5) is 0 Å². The molecule has 0 amide bonds. The van der Waals surface area contributed by atoms with Gasteiger partial charge in [0.05, 0.1) is 0 Å². The van der Waals surface area contributed by atoms with Crippen molar-refractivity contribution in [3.63, 3.8) is 0 Å². The molecule has 3 heteroatoms. The maximum Gasteiger partial charge on any atom is 0.0107 e. The Morgan fingerprint density at radius 2 is 1.69 bits per heavy atom. The van der Waals surface area contributed by atoms with Crippen LogP contribution in [0.25, 0.3) is 0 Å². The molecule has 1 aliphatic heterocycles. The SMILES string of the molecule is CN1CCN(C[CH-]c2ccccc2)CC1.[Fe]. The van der Waals surface area contributed by atoms with Gasteiger partial charge in [0.1, 0.15) is 0 Å². The molecule has 2 rings (SSSR count). The van der Waals surface area contributed by atoms with Crippen LogP contribution < -0.4 is 0 Å². The molecule has 90 valence electrons. The van der Waals surface area contributed by atoms with E-state index in [0.29, 0.717) is 0 Å². The molecule has 0 bridgehead atoms. The number of rotatable bonds is 3. The fraction of sp³-hybridized carbons (Fsp3) is 0.462. The molecule has 1 fully saturated rings. The van der Waals surface area contributed by atoms with Crippen LogP contribution in [0.5, 0.6) is 0 Å². The smallest absolute Gasteiger partial charge is 0.0107 e. The summed E-state index contributed by atoms with van der Waals surface area (Å²) in [4.78, 5) is 4.89. The van der Waals surface area contributed by atoms with Gasteiger partial charge in [-0.1, -0.05) is 6.07 Å². The minimum Gasteiger partial charge on any atom is -0.308 e. The van der Waals surface area contributed by atoms with Crippen molar-refractivity contribution in [2.45, 2.75) is 0 Å². The van der Waals surface area contributed by atoms with E-state index in [4.69, 9.17) is 0 Å². The Morgan fingerprint density at radius 1 is 1.06 bits per heavy atom. The summed E-state index contributed by atoms with van der Waals surface area (Å²) in [6.07, 6.45) is 2.31. The first-order valence-corrected chi connectivity index (χ1v) is 5.64. The third-order valence-electron chi connectivity index (χ3n) is 2.98. The molecule has 0 radical (unpaired) electrons. The van der Waals surface area contributed by atoms with Gasteiger partial charge in [-0.25, -0.2) is 0 Å². The van der Waals surface area contributed by atoms with Gasteiger partial charge in [-0.15, -0.1) is 12.1 Å². The normalized spacial score (nSPS) is 17.8. The Hall–Kier alpha value is -0.471. The molecule has 0 atom stereocenters. The van der Waals surface area contributed by atoms with Gasteiger partial charge in [0.25, 0.3) is 0 Å². The zero-order valence-corrected chi connectivity index (χ0v) is 10.9. The minimum atomic E-state index is 0. The standard InChI is InChI=1S/C13H19N2.Fe/c1-14-9-11-15(12-10-14)8-7-13-5-3-2-4-6-13;/h2-7H,8-12H2,1H3;/q-1;. The predicted octanol–water partition coefficient (Wildman–Crippen LogP) is 1.48. The van der Waals surface area contributed by atoms with E-state index in [9.17, 15) is 0 Å². The largest absolute Gasteiger partial charge is 0.308 e. The average molecular weight is 259 g/mol. The molecular weight excluding hydrogens is 240 g/mol. The second-order valence-electron chi connectivity index (χ2n) is 4.22. The maximum atomic E-state index is 2.51. The van der Waals surface area contributed by atoms with Crippen molar-refractivity contribution in [3.8, 4) is 0 Å². The molecule has 0 saturated carbocycles. The molecule has 1 aromatic rings. The van der Waals surface area contributed by atoms with Crippen molar-refractivity contribution in [1.29, 1.82) is 0 Å². The topological polar surface area (TPSA) is 6.48 Å². The van der Waals surface area contributed by atoms with Gasteiger partial charge in [-0.3, -0.25) is 0 Å². The molecule has 16 heavy (non-hydrogen) atoms. The van der Waals surface area contributed by atoms with Crippen LogP contribution in [0, 0.1) is 6.42 Å². The summed E-state index contributed by atoms with van der Waals surface area (Å²) in [6.45, 7) is 5.86. The second kappa shape index (κ2) is 6.97. The third kappa shape index (κ3) is 4.18. The van der Waals surface area contributed by atoms with Crippen molar-refractivity contribution in [2.24, 2.45) is 0 Å². The fourth-order valence-electron chi connectivity index (χ4n) is 1.85. The van der Waals surface area contributed by atoms with Crippen molar-refractivity contribution < 1.29 is 17.1 Å². The summed E-state index contributed by atoms with van der Waals surface area (Å²) in [7, 11) is 2.19. The first-order chi connectivity index (χ1) is 7.34. The summed E-state index contributed by atoms with van der Waals surface area (Å²) in [5, 5.41) is 0. The number of benzene rings is 1. The van der Waals surface area contributed by atoms with E-state index < -0.39 is 0 Å². The first kappa shape index (κ1) is 13.6. The second-order valence-corrected chi connectivity index (χ2v) is 4.22. The van der Waals surface area contributed by atoms with Crippen LogP contribution in [-0.4, -0.2) is 49.6 Å². The van der Waals surface area contributed by atoms with Crippen molar-refractivity contribution in [1.82, 2.24) is 9.80 Å². The zero-order valence-electron chi connectivity index (χ0n) is 9.75. The van der Waals surface area contributed by atoms with Crippen LogP contribution >= 0.6 is 0 Å². The van der Waals surface area contributed by atoms with E-state index in [0.717, 1.165) is 6.54 Å². The number of hydrogen-bond donors (Lipinski definition) is 0. The Labute approximate surface area is 109 Å². The third-order valence-corrected chi connectivity index (χ3v) is 2.98. The quantitative estimate of drug-likeness (QED) is 0.599. The monoisotopic (exact) mass is 259 g/mol. The van der Waals surface area contributed by atoms with Gasteiger partial charge < -0.3 is 9.80 Å². The zero-order chi connectivity index (χ0) is 10.5. The van der Waals surface area contributed by atoms with E-state index in [2.05, 4.69) is 53.6 Å². The number of piperazine rings is 1. The van der Waals surface area contributed by atoms with Gasteiger partial charge in [0.2, 0.25) is 0 Å². The first-order valence-electron chi connectivity index (χ1n) is 5.64. The molecular formula is C13H19FeN2-. The molecule has 2 nitrogen and oxygen atoms in total. The molecule has 0 aliphatic carbocycles. The summed E-state index contributed by atoms with van der Waals surface area (Å²) in [5.74, 6) is 0. The molecule has 1 heterocycles. The van der Waals surface area contributed by atoms with Crippen molar-refractivity contribution in [3.05, 3.63) is 42.3 Å². The van der Waals surface area contributed by atoms with Gasteiger partial charge in [0.15, 0.2) is 0 Å². The summed E-state index contributed by atoms with van der Waals surface area (Å²) in [5.41, 5.74) is 1.33. The summed E-state index contributed by atoms with van der Waals surface area (Å²) in [6, 6.07) is 10.6. The number of hydrogen-bond acceptors (Lipinski definition) is 2. The van der Waals surface area contributed by atoms with Crippen molar-refractivity contribution >= 4 is 0 Å². The molecule has 1 saturated heterocycles. The Morgan fingerprint density at radius 3 is 2.31 bits per heavy atom. The van der Waals surface area contributed by atoms with E-state index in [1.807, 2.05) is 0 Å². The van der Waals surface area contributed by atoms with Crippen LogP contribution in [0.1, 0.15) is 5.56 Å². The Bertz CT molecular complexity index is 281. The number of likely N-dealkylation sites (N-methyl/N-ethyl adjacent to an activating group) is 1. The van der Waals surface area contributed by atoms with Crippen LogP contribution in [0.2, 0.25) is 0 Å². The van der Waals surface area contributed by atoms with E-state index >= 15 is 0 Å². The van der Waals surface area contributed by atoms with Gasteiger partial charge in [0, 0.05) is 43.2 Å². The number of nitrogens with zero attached hydrogens (tertiary/aromatic N) is 2. The minimum absolute atomic E-state index is 0. The predicted molar refractivity (Wildman–Crippen MR) is 63.8 cm³/mol. The molecule has 0 unspecified atom stereocenters. The fourth-order valence-corrected chi connectivity index (χ4v) is 1.85. The Balaban J connectivity index is 0.00000128. The van der Waals surface area contributed by atoms with E-state index in [1.165, 1.54) is 31.7 Å². The van der Waals surface area contributed by atoms with Gasteiger partial charge >= 0.3 is 0 Å². The average Bonchev–Trinajstić information content (AvgIpc) is 2.30. The Kier molecular flexibility index (Phi) is 5.92. The van der Waals surface area contributed by atoms with Crippen LogP contribution in [0.3, 0.4) is 0 Å². The van der Waals surface area contributed by atoms with Crippen LogP contribution in [-0.2, 0) is 17.1 Å². The van der Waals surface area contributed by atoms with Crippen molar-refractivity contribution in [2.75, 3.05) is 39.8 Å². The van der Waals surface area contributed by atoms with Gasteiger partial charge in [-0.05, 0) is 13.6 Å². The summed E-state index contributed by atoms with van der Waals surface area (Å²) >= 11 is 0. The molecule has 1 aromatic carbocycles.